The van der Waals surface area contributed by atoms with Crippen molar-refractivity contribution in [3.63, 3.8) is 0 Å². The molecule has 0 saturated heterocycles. The van der Waals surface area contributed by atoms with Crippen molar-refractivity contribution in [2.45, 2.75) is 59.9 Å². The van der Waals surface area contributed by atoms with Gasteiger partial charge in [0.1, 0.15) is 5.00 Å². The van der Waals surface area contributed by atoms with Crippen LogP contribution in [0.5, 0.6) is 0 Å². The summed E-state index contributed by atoms with van der Waals surface area (Å²) in [5.74, 6) is 0.921. The SMILES string of the molecule is CC(=O)c1c(C)nsc1NC1C2(C)CCC(C2)C1(C)C. The van der Waals surface area contributed by atoms with E-state index in [-0.39, 0.29) is 5.78 Å². The van der Waals surface area contributed by atoms with E-state index in [0.717, 1.165) is 22.2 Å². The average Bonchev–Trinajstić information content (AvgIpc) is 2.94. The zero-order valence-corrected chi connectivity index (χ0v) is 13.9. The van der Waals surface area contributed by atoms with Crippen LogP contribution >= 0.6 is 11.5 Å². The fourth-order valence-electron chi connectivity index (χ4n) is 4.68. The van der Waals surface area contributed by atoms with Gasteiger partial charge in [-0.15, -0.1) is 0 Å². The molecule has 0 amide bonds. The summed E-state index contributed by atoms with van der Waals surface area (Å²) in [7, 11) is 0. The second-order valence-corrected chi connectivity index (χ2v) is 8.29. The molecule has 1 N–H and O–H groups in total. The van der Waals surface area contributed by atoms with Crippen LogP contribution in [0.1, 0.15) is 63.0 Å². The minimum atomic E-state index is 0.116. The summed E-state index contributed by atoms with van der Waals surface area (Å²) >= 11 is 1.44. The lowest BCUT2D eigenvalue weighted by Crippen LogP contribution is -2.45. The van der Waals surface area contributed by atoms with Crippen molar-refractivity contribution in [1.82, 2.24) is 4.37 Å². The Morgan fingerprint density at radius 2 is 2.10 bits per heavy atom. The van der Waals surface area contributed by atoms with Gasteiger partial charge in [-0.2, -0.15) is 4.37 Å². The van der Waals surface area contributed by atoms with Crippen LogP contribution < -0.4 is 5.32 Å². The van der Waals surface area contributed by atoms with Gasteiger partial charge < -0.3 is 5.32 Å². The van der Waals surface area contributed by atoms with Gasteiger partial charge in [0, 0.05) is 6.04 Å². The van der Waals surface area contributed by atoms with E-state index in [2.05, 4.69) is 30.5 Å². The van der Waals surface area contributed by atoms with Gasteiger partial charge >= 0.3 is 0 Å². The third kappa shape index (κ3) is 1.84. The first-order chi connectivity index (χ1) is 9.25. The minimum absolute atomic E-state index is 0.116. The molecule has 2 saturated carbocycles. The van der Waals surface area contributed by atoms with Crippen LogP contribution in [0.3, 0.4) is 0 Å². The first-order valence-corrected chi connectivity index (χ1v) is 8.27. The van der Waals surface area contributed by atoms with Crippen LogP contribution in [0.2, 0.25) is 0 Å². The van der Waals surface area contributed by atoms with Gasteiger partial charge in [0.05, 0.1) is 11.3 Å². The fraction of sp³-hybridized carbons (Fsp3) is 0.750. The molecule has 3 nitrogen and oxygen atoms in total. The molecule has 20 heavy (non-hydrogen) atoms. The predicted octanol–water partition coefficient (Wildman–Crippen LogP) is 4.28. The van der Waals surface area contributed by atoms with Gasteiger partial charge in [-0.1, -0.05) is 20.8 Å². The van der Waals surface area contributed by atoms with Crippen LogP contribution in [0.4, 0.5) is 5.00 Å². The van der Waals surface area contributed by atoms with Gasteiger partial charge in [0.25, 0.3) is 0 Å². The van der Waals surface area contributed by atoms with Crippen molar-refractivity contribution in [2.75, 3.05) is 5.32 Å². The zero-order chi connectivity index (χ0) is 14.7. The fourth-order valence-corrected chi connectivity index (χ4v) is 5.55. The first-order valence-electron chi connectivity index (χ1n) is 7.49. The van der Waals surface area contributed by atoms with E-state index in [9.17, 15) is 4.79 Å². The number of nitrogens with zero attached hydrogens (tertiary/aromatic N) is 1. The molecule has 0 radical (unpaired) electrons. The van der Waals surface area contributed by atoms with E-state index in [1.807, 2.05) is 6.92 Å². The Labute approximate surface area is 125 Å². The maximum atomic E-state index is 11.8. The lowest BCUT2D eigenvalue weighted by Gasteiger charge is -2.43. The van der Waals surface area contributed by atoms with Gasteiger partial charge in [0.2, 0.25) is 0 Å². The highest BCUT2D eigenvalue weighted by Crippen LogP contribution is 2.63. The number of anilines is 1. The maximum Gasteiger partial charge on any atom is 0.164 e. The van der Waals surface area contributed by atoms with Crippen molar-refractivity contribution >= 4 is 22.3 Å². The molecule has 1 aromatic rings. The Kier molecular flexibility index (Phi) is 3.02. The lowest BCUT2D eigenvalue weighted by molar-refractivity contribution is 0.101. The molecule has 2 aliphatic rings. The number of Topliss-reactive ketones (excluding diaryl/α,β-unsaturated/α-hetero) is 1. The average molecular weight is 292 g/mol. The van der Waals surface area contributed by atoms with E-state index in [1.54, 1.807) is 6.92 Å². The van der Waals surface area contributed by atoms with Crippen molar-refractivity contribution in [2.24, 2.45) is 16.7 Å². The Bertz CT molecular complexity index is 558. The number of fused-ring (bicyclic) bond motifs is 2. The van der Waals surface area contributed by atoms with Crippen LogP contribution in [-0.2, 0) is 0 Å². The molecule has 2 aliphatic carbocycles. The van der Waals surface area contributed by atoms with Gasteiger partial charge in [-0.05, 0) is 61.4 Å². The molecule has 3 unspecified atom stereocenters. The van der Waals surface area contributed by atoms with E-state index in [1.165, 1.54) is 30.8 Å². The van der Waals surface area contributed by atoms with Gasteiger partial charge in [0.15, 0.2) is 5.78 Å². The standard InChI is InChI=1S/C16H24N2OS/c1-9-12(10(2)19)13(20-18-9)17-14-15(3,4)11-6-7-16(14,5)8-11/h11,14,17H,6-8H2,1-5H3. The second-order valence-electron chi connectivity index (χ2n) is 7.52. The summed E-state index contributed by atoms with van der Waals surface area (Å²) in [6, 6.07) is 0.437. The number of carbonyl (C=O) groups is 1. The van der Waals surface area contributed by atoms with Crippen molar-refractivity contribution < 1.29 is 4.79 Å². The van der Waals surface area contributed by atoms with Crippen molar-refractivity contribution in [3.8, 4) is 0 Å². The molecule has 3 rings (SSSR count). The quantitative estimate of drug-likeness (QED) is 0.845. The normalized spacial score (nSPS) is 34.5. The summed E-state index contributed by atoms with van der Waals surface area (Å²) in [5, 5.41) is 4.68. The number of hydrogen-bond acceptors (Lipinski definition) is 4. The third-order valence-electron chi connectivity index (χ3n) is 5.76. The zero-order valence-electron chi connectivity index (χ0n) is 13.0. The molecule has 3 atom stereocenters. The molecule has 0 aliphatic heterocycles. The number of nitrogens with one attached hydrogen (secondary N) is 1. The molecule has 1 aromatic heterocycles. The maximum absolute atomic E-state index is 11.8. The minimum Gasteiger partial charge on any atom is -0.371 e. The Hall–Kier alpha value is -0.900. The number of ketones is 1. The van der Waals surface area contributed by atoms with Gasteiger partial charge in [-0.3, -0.25) is 4.79 Å². The van der Waals surface area contributed by atoms with E-state index in [0.29, 0.717) is 16.9 Å². The van der Waals surface area contributed by atoms with E-state index in [4.69, 9.17) is 0 Å². The summed E-state index contributed by atoms with van der Waals surface area (Å²) in [4.78, 5) is 11.8. The predicted molar refractivity (Wildman–Crippen MR) is 83.5 cm³/mol. The van der Waals surface area contributed by atoms with E-state index < -0.39 is 0 Å². The highest BCUT2D eigenvalue weighted by atomic mass is 32.1. The van der Waals surface area contributed by atoms with Crippen LogP contribution in [-0.4, -0.2) is 16.2 Å². The van der Waals surface area contributed by atoms with E-state index >= 15 is 0 Å². The highest BCUT2D eigenvalue weighted by molar-refractivity contribution is 7.10. The largest absolute Gasteiger partial charge is 0.371 e. The molecule has 4 heteroatoms. The molecule has 0 spiro atoms. The number of aryl methyl sites for hydroxylation is 1. The molecular formula is C16H24N2OS. The third-order valence-corrected chi connectivity index (χ3v) is 6.63. The topological polar surface area (TPSA) is 42.0 Å². The van der Waals surface area contributed by atoms with Gasteiger partial charge in [-0.25, -0.2) is 0 Å². The monoisotopic (exact) mass is 292 g/mol. The molecule has 110 valence electrons. The Morgan fingerprint density at radius 3 is 2.65 bits per heavy atom. The Morgan fingerprint density at radius 1 is 1.40 bits per heavy atom. The summed E-state index contributed by atoms with van der Waals surface area (Å²) < 4.78 is 4.37. The van der Waals surface area contributed by atoms with Crippen LogP contribution in [0.15, 0.2) is 0 Å². The second kappa shape index (κ2) is 4.30. The molecule has 1 heterocycles. The molecular weight excluding hydrogens is 268 g/mol. The molecule has 0 aromatic carbocycles. The summed E-state index contributed by atoms with van der Waals surface area (Å²) in [5.41, 5.74) is 2.30. The number of rotatable bonds is 3. The highest BCUT2D eigenvalue weighted by Gasteiger charge is 2.59. The van der Waals surface area contributed by atoms with Crippen molar-refractivity contribution in [1.29, 1.82) is 0 Å². The number of carbonyl (C=O) groups excluding carboxylic acids is 1. The first kappa shape index (κ1) is 14.1. The van der Waals surface area contributed by atoms with Crippen LogP contribution in [0, 0.1) is 23.7 Å². The summed E-state index contributed by atoms with van der Waals surface area (Å²) in [6.07, 6.45) is 3.96. The van der Waals surface area contributed by atoms with Crippen molar-refractivity contribution in [3.05, 3.63) is 11.3 Å². The Balaban J connectivity index is 1.94. The summed E-state index contributed by atoms with van der Waals surface area (Å²) in [6.45, 7) is 10.7. The number of aromatic nitrogens is 1. The number of hydrogen-bond donors (Lipinski definition) is 1. The smallest absolute Gasteiger partial charge is 0.164 e. The van der Waals surface area contributed by atoms with Crippen LogP contribution in [0.25, 0.3) is 0 Å². The molecule has 2 bridgehead atoms. The molecule has 2 fully saturated rings. The lowest BCUT2D eigenvalue weighted by atomic mass is 9.68.